The molecule has 2 atom stereocenters. The van der Waals surface area contributed by atoms with Gasteiger partial charge in [0.25, 0.3) is 11.1 Å². The van der Waals surface area contributed by atoms with Crippen molar-refractivity contribution < 1.29 is 0 Å². The van der Waals surface area contributed by atoms with E-state index < -0.39 is 11.2 Å². The van der Waals surface area contributed by atoms with Crippen molar-refractivity contribution in [2.24, 2.45) is 5.92 Å². The third-order valence-corrected chi connectivity index (χ3v) is 6.14. The van der Waals surface area contributed by atoms with E-state index in [1.807, 2.05) is 32.0 Å². The van der Waals surface area contributed by atoms with Crippen molar-refractivity contribution in [2.75, 3.05) is 0 Å². The Morgan fingerprint density at radius 1 is 1.10 bits per heavy atom. The summed E-state index contributed by atoms with van der Waals surface area (Å²) in [6.45, 7) is 6.14. The Labute approximate surface area is 173 Å². The van der Waals surface area contributed by atoms with E-state index in [0.29, 0.717) is 23.9 Å². The number of H-pyrrole nitrogens is 2. The van der Waals surface area contributed by atoms with Crippen LogP contribution in [-0.2, 0) is 6.42 Å². The molecule has 3 aromatic rings. The smallest absolute Gasteiger partial charge is 0.271 e. The molecule has 0 bridgehead atoms. The number of hydrogen-bond acceptors (Lipinski definition) is 5. The SMILES string of the molecule is Cc1cc(-n2ncc(=O)[nH]c2=O)cc(C)c1Cc1cc(C2CCCC2C)c(=O)[nH]n1. The van der Waals surface area contributed by atoms with Gasteiger partial charge in [0.15, 0.2) is 0 Å². The van der Waals surface area contributed by atoms with Gasteiger partial charge < -0.3 is 0 Å². The second-order valence-corrected chi connectivity index (χ2v) is 8.24. The quantitative estimate of drug-likeness (QED) is 0.688. The van der Waals surface area contributed by atoms with Crippen LogP contribution in [0.25, 0.3) is 5.69 Å². The van der Waals surface area contributed by atoms with E-state index in [1.54, 1.807) is 0 Å². The van der Waals surface area contributed by atoms with E-state index in [1.165, 1.54) is 4.68 Å². The lowest BCUT2D eigenvalue weighted by molar-refractivity contribution is 0.526. The van der Waals surface area contributed by atoms with Crippen molar-refractivity contribution in [3.63, 3.8) is 0 Å². The number of aryl methyl sites for hydroxylation is 2. The molecule has 1 saturated carbocycles. The second kappa shape index (κ2) is 7.85. The standard InChI is InChI=1S/C22H25N5O3/c1-12-5-4-6-17(12)19-10-15(25-26-21(19)29)9-18-13(2)7-16(8-14(18)3)27-22(30)24-20(28)11-23-27/h7-8,10-12,17H,4-6,9H2,1-3H3,(H,26,29)(H,24,28,30). The lowest BCUT2D eigenvalue weighted by Crippen LogP contribution is -2.30. The van der Waals surface area contributed by atoms with E-state index in [2.05, 4.69) is 27.2 Å². The number of nitrogens with zero attached hydrogens (tertiary/aromatic N) is 3. The molecule has 8 nitrogen and oxygen atoms in total. The molecule has 0 aliphatic heterocycles. The molecule has 0 amide bonds. The first kappa shape index (κ1) is 20.0. The summed E-state index contributed by atoms with van der Waals surface area (Å²) in [6.07, 6.45) is 5.01. The van der Waals surface area contributed by atoms with E-state index in [9.17, 15) is 14.4 Å². The van der Waals surface area contributed by atoms with Crippen LogP contribution >= 0.6 is 0 Å². The fourth-order valence-electron chi connectivity index (χ4n) is 4.53. The van der Waals surface area contributed by atoms with E-state index in [-0.39, 0.29) is 5.56 Å². The maximum atomic E-state index is 12.4. The Bertz CT molecular complexity index is 1250. The Hall–Kier alpha value is -3.29. The van der Waals surface area contributed by atoms with Gasteiger partial charge in [0.05, 0.1) is 11.4 Å². The van der Waals surface area contributed by atoms with Crippen molar-refractivity contribution in [1.82, 2.24) is 25.0 Å². The number of nitrogens with one attached hydrogen (secondary N) is 2. The normalized spacial score (nSPS) is 18.6. The molecule has 2 aromatic heterocycles. The van der Waals surface area contributed by atoms with E-state index in [0.717, 1.165) is 53.4 Å². The molecule has 8 heteroatoms. The molecule has 0 radical (unpaired) electrons. The number of aromatic amines is 2. The van der Waals surface area contributed by atoms with Crippen LogP contribution in [-0.4, -0.2) is 25.0 Å². The lowest BCUT2D eigenvalue weighted by Gasteiger charge is -2.16. The monoisotopic (exact) mass is 407 g/mol. The summed E-state index contributed by atoms with van der Waals surface area (Å²) < 4.78 is 1.17. The minimum atomic E-state index is -0.577. The Kier molecular flexibility index (Phi) is 5.24. The van der Waals surface area contributed by atoms with Crippen LogP contribution in [0, 0.1) is 19.8 Å². The highest BCUT2D eigenvalue weighted by molar-refractivity contribution is 5.46. The topological polar surface area (TPSA) is 113 Å². The van der Waals surface area contributed by atoms with Gasteiger partial charge >= 0.3 is 5.69 Å². The first-order valence-electron chi connectivity index (χ1n) is 10.2. The van der Waals surface area contributed by atoms with Crippen LogP contribution in [0.15, 0.2) is 38.8 Å². The molecule has 30 heavy (non-hydrogen) atoms. The Morgan fingerprint density at radius 3 is 2.47 bits per heavy atom. The number of hydrogen-bond donors (Lipinski definition) is 2. The number of benzene rings is 1. The average molecular weight is 407 g/mol. The first-order chi connectivity index (χ1) is 14.3. The molecule has 0 saturated heterocycles. The van der Waals surface area contributed by atoms with Gasteiger partial charge in [-0.25, -0.2) is 9.89 Å². The zero-order valence-electron chi connectivity index (χ0n) is 17.4. The van der Waals surface area contributed by atoms with Crippen molar-refractivity contribution in [3.8, 4) is 5.69 Å². The summed E-state index contributed by atoms with van der Waals surface area (Å²) in [4.78, 5) is 37.9. The lowest BCUT2D eigenvalue weighted by atomic mass is 9.90. The minimum Gasteiger partial charge on any atom is -0.271 e. The largest absolute Gasteiger partial charge is 0.349 e. The van der Waals surface area contributed by atoms with E-state index in [4.69, 9.17) is 0 Å². The van der Waals surface area contributed by atoms with Gasteiger partial charge in [-0.1, -0.05) is 19.8 Å². The molecule has 2 N–H and O–H groups in total. The molecule has 1 fully saturated rings. The van der Waals surface area contributed by atoms with Crippen molar-refractivity contribution in [1.29, 1.82) is 0 Å². The fraction of sp³-hybridized carbons (Fsp3) is 0.409. The molecule has 1 aliphatic carbocycles. The summed E-state index contributed by atoms with van der Waals surface area (Å²) in [6, 6.07) is 5.67. The predicted octanol–water partition coefficient (Wildman–Crippen LogP) is 2.12. The molecular formula is C22H25N5O3. The van der Waals surface area contributed by atoms with Gasteiger partial charge in [-0.2, -0.15) is 14.9 Å². The Balaban J connectivity index is 1.68. The van der Waals surface area contributed by atoms with Gasteiger partial charge in [-0.05, 0) is 67.0 Å². The molecule has 156 valence electrons. The third kappa shape index (κ3) is 3.77. The zero-order valence-corrected chi connectivity index (χ0v) is 17.4. The van der Waals surface area contributed by atoms with Crippen LogP contribution in [0.2, 0.25) is 0 Å². The first-order valence-corrected chi connectivity index (χ1v) is 10.2. The highest BCUT2D eigenvalue weighted by atomic mass is 16.2. The summed E-state index contributed by atoms with van der Waals surface area (Å²) in [7, 11) is 0. The Morgan fingerprint density at radius 2 is 1.83 bits per heavy atom. The van der Waals surface area contributed by atoms with Gasteiger partial charge in [0.2, 0.25) is 0 Å². The number of rotatable bonds is 4. The van der Waals surface area contributed by atoms with Gasteiger partial charge in [-0.15, -0.1) is 0 Å². The molecule has 1 aromatic carbocycles. The molecule has 4 rings (SSSR count). The molecule has 0 spiro atoms. The third-order valence-electron chi connectivity index (χ3n) is 6.14. The maximum absolute atomic E-state index is 12.4. The molecular weight excluding hydrogens is 382 g/mol. The summed E-state index contributed by atoms with van der Waals surface area (Å²) in [5.74, 6) is 0.797. The van der Waals surface area contributed by atoms with Crippen LogP contribution in [0.5, 0.6) is 0 Å². The van der Waals surface area contributed by atoms with Gasteiger partial charge in [0.1, 0.15) is 6.20 Å². The highest BCUT2D eigenvalue weighted by Crippen LogP contribution is 2.38. The van der Waals surface area contributed by atoms with Crippen LogP contribution in [0.4, 0.5) is 0 Å². The molecule has 2 unspecified atom stereocenters. The number of aromatic nitrogens is 5. The van der Waals surface area contributed by atoms with Gasteiger partial charge in [-0.3, -0.25) is 14.6 Å². The maximum Gasteiger partial charge on any atom is 0.349 e. The van der Waals surface area contributed by atoms with E-state index >= 15 is 0 Å². The average Bonchev–Trinajstić information content (AvgIpc) is 3.11. The summed E-state index contributed by atoms with van der Waals surface area (Å²) in [5, 5.41) is 10.9. The van der Waals surface area contributed by atoms with Crippen LogP contribution in [0.3, 0.4) is 0 Å². The summed E-state index contributed by atoms with van der Waals surface area (Å²) >= 11 is 0. The second-order valence-electron chi connectivity index (χ2n) is 8.24. The fourth-order valence-corrected chi connectivity index (χ4v) is 4.53. The van der Waals surface area contributed by atoms with Crippen molar-refractivity contribution >= 4 is 0 Å². The predicted molar refractivity (Wildman–Crippen MR) is 113 cm³/mol. The van der Waals surface area contributed by atoms with Crippen LogP contribution < -0.4 is 16.8 Å². The van der Waals surface area contributed by atoms with Crippen molar-refractivity contribution in [3.05, 3.63) is 83.5 Å². The molecule has 2 heterocycles. The van der Waals surface area contributed by atoms with Gasteiger partial charge in [0, 0.05) is 12.0 Å². The summed E-state index contributed by atoms with van der Waals surface area (Å²) in [5.41, 5.74) is 4.09. The highest BCUT2D eigenvalue weighted by Gasteiger charge is 2.27. The molecule has 1 aliphatic rings. The zero-order chi connectivity index (χ0) is 21.4. The minimum absolute atomic E-state index is 0.0928. The van der Waals surface area contributed by atoms with Crippen LogP contribution in [0.1, 0.15) is 60.1 Å². The van der Waals surface area contributed by atoms with Crippen molar-refractivity contribution in [2.45, 2.75) is 52.4 Å².